The molecule has 108 valence electrons. The Labute approximate surface area is 116 Å². The average molecular weight is 283 g/mol. The summed E-state index contributed by atoms with van der Waals surface area (Å²) in [6, 6.07) is 0. The molecule has 4 atom stereocenters. The number of nitrogens with two attached hydrogens (primary N) is 1. The summed E-state index contributed by atoms with van der Waals surface area (Å²) in [6.45, 7) is -2.73. The summed E-state index contributed by atoms with van der Waals surface area (Å²) in [4.78, 5) is 12.0. The van der Waals surface area contributed by atoms with Crippen LogP contribution in [0.1, 0.15) is 8.97 Å². The van der Waals surface area contributed by atoms with Crippen LogP contribution in [-0.4, -0.2) is 61.7 Å². The largest absolute Gasteiger partial charge is 0.394 e. The van der Waals surface area contributed by atoms with Crippen molar-refractivity contribution in [2.75, 3.05) is 19.4 Å². The molecular weight excluding hydrogens is 266 g/mol. The van der Waals surface area contributed by atoms with Crippen LogP contribution in [0.4, 0.5) is 5.82 Å². The van der Waals surface area contributed by atoms with E-state index in [2.05, 4.69) is 15.0 Å². The van der Waals surface area contributed by atoms with E-state index in [9.17, 15) is 10.2 Å². The molecule has 0 amide bonds. The van der Waals surface area contributed by atoms with E-state index in [1.165, 1.54) is 24.3 Å². The highest BCUT2D eigenvalue weighted by molar-refractivity contribution is 5.81. The van der Waals surface area contributed by atoms with Crippen LogP contribution in [0, 0.1) is 0 Å². The molecule has 1 saturated heterocycles. The molecule has 0 radical (unpaired) electrons. The van der Waals surface area contributed by atoms with Crippen molar-refractivity contribution >= 4 is 17.0 Å². The van der Waals surface area contributed by atoms with Crippen molar-refractivity contribution in [3.8, 4) is 0 Å². The molecule has 9 nitrogen and oxygen atoms in total. The number of fused-ring (bicyclic) bond motifs is 1. The van der Waals surface area contributed by atoms with E-state index in [4.69, 9.17) is 17.9 Å². The number of imidazole rings is 1. The van der Waals surface area contributed by atoms with Crippen LogP contribution >= 0.6 is 0 Å². The van der Waals surface area contributed by atoms with Gasteiger partial charge in [-0.25, -0.2) is 15.0 Å². The number of nitrogens with zero attached hydrogens (tertiary/aromatic N) is 4. The van der Waals surface area contributed by atoms with Gasteiger partial charge in [-0.2, -0.15) is 0 Å². The van der Waals surface area contributed by atoms with Crippen molar-refractivity contribution in [3.05, 3.63) is 12.7 Å². The van der Waals surface area contributed by atoms with Gasteiger partial charge in [0.2, 0.25) is 0 Å². The molecule has 2 aromatic rings. The number of rotatable bonds is 3. The fourth-order valence-corrected chi connectivity index (χ4v) is 2.29. The Morgan fingerprint density at radius 3 is 3.05 bits per heavy atom. The van der Waals surface area contributed by atoms with E-state index in [0.717, 1.165) is 0 Å². The highest BCUT2D eigenvalue weighted by Crippen LogP contribution is 2.33. The summed E-state index contributed by atoms with van der Waals surface area (Å²) in [5.74, 6) is 0.185. The summed E-state index contributed by atoms with van der Waals surface area (Å²) < 4.78 is 26.8. The molecular formula is C11H15N5O4. The van der Waals surface area contributed by atoms with Gasteiger partial charge in [-0.3, -0.25) is 4.57 Å². The third kappa shape index (κ3) is 1.83. The van der Waals surface area contributed by atoms with Gasteiger partial charge in [0.05, 0.1) is 15.6 Å². The van der Waals surface area contributed by atoms with Gasteiger partial charge in [0.1, 0.15) is 30.2 Å². The van der Waals surface area contributed by atoms with Gasteiger partial charge in [0.25, 0.3) is 0 Å². The zero-order valence-electron chi connectivity index (χ0n) is 12.5. The first-order valence-electron chi connectivity index (χ1n) is 6.86. The first-order chi connectivity index (χ1) is 10.3. The molecule has 0 bridgehead atoms. The number of aliphatic hydroxyl groups is 2. The SMILES string of the molecule is [2H]C([2H])(O)[C@H]1O[C@@H](n2cnc3c(N)ncnc32)[C@H](OC)[C@@H]1O. The Morgan fingerprint density at radius 1 is 1.55 bits per heavy atom. The lowest BCUT2D eigenvalue weighted by Crippen LogP contribution is -2.34. The smallest absolute Gasteiger partial charge is 0.167 e. The van der Waals surface area contributed by atoms with Gasteiger partial charge in [-0.15, -0.1) is 0 Å². The number of hydrogen-bond donors (Lipinski definition) is 3. The van der Waals surface area contributed by atoms with Gasteiger partial charge in [-0.05, 0) is 0 Å². The Kier molecular flexibility index (Phi) is 2.70. The molecule has 1 fully saturated rings. The molecule has 3 rings (SSSR count). The first kappa shape index (κ1) is 10.9. The first-order valence-corrected chi connectivity index (χ1v) is 5.86. The van der Waals surface area contributed by atoms with Crippen molar-refractivity contribution in [3.63, 3.8) is 0 Å². The molecule has 3 heterocycles. The Hall–Kier alpha value is -1.81. The minimum Gasteiger partial charge on any atom is -0.394 e. The lowest BCUT2D eigenvalue weighted by molar-refractivity contribution is -0.0583. The third-order valence-electron chi connectivity index (χ3n) is 3.27. The minimum absolute atomic E-state index is 0.185. The van der Waals surface area contributed by atoms with Crippen LogP contribution in [-0.2, 0) is 9.47 Å². The lowest BCUT2D eigenvalue weighted by Gasteiger charge is -2.19. The van der Waals surface area contributed by atoms with Crippen LogP contribution in [0.5, 0.6) is 0 Å². The summed E-state index contributed by atoms with van der Waals surface area (Å²) >= 11 is 0. The van der Waals surface area contributed by atoms with Crippen LogP contribution in [0.2, 0.25) is 0 Å². The van der Waals surface area contributed by atoms with Crippen molar-refractivity contribution in [1.82, 2.24) is 19.5 Å². The monoisotopic (exact) mass is 283 g/mol. The summed E-state index contributed by atoms with van der Waals surface area (Å²) in [7, 11) is 1.35. The topological polar surface area (TPSA) is 129 Å². The number of aliphatic hydroxyl groups excluding tert-OH is 1. The lowest BCUT2D eigenvalue weighted by atomic mass is 10.1. The Morgan fingerprint density at radius 2 is 2.35 bits per heavy atom. The van der Waals surface area contributed by atoms with Crippen molar-refractivity contribution in [2.24, 2.45) is 0 Å². The second kappa shape index (κ2) is 4.94. The second-order valence-electron chi connectivity index (χ2n) is 4.35. The van der Waals surface area contributed by atoms with Crippen LogP contribution in [0.25, 0.3) is 11.2 Å². The highest BCUT2D eigenvalue weighted by Gasteiger charge is 2.45. The molecule has 0 aromatic carbocycles. The number of nitrogen functional groups attached to an aromatic ring is 1. The highest BCUT2D eigenvalue weighted by atomic mass is 16.6. The summed E-state index contributed by atoms with van der Waals surface area (Å²) in [6.07, 6.45) is -2.04. The number of hydrogen-bond acceptors (Lipinski definition) is 8. The molecule has 1 aliphatic heterocycles. The predicted molar refractivity (Wildman–Crippen MR) is 67.5 cm³/mol. The van der Waals surface area contributed by atoms with Crippen LogP contribution < -0.4 is 5.73 Å². The van der Waals surface area contributed by atoms with Gasteiger partial charge < -0.3 is 25.4 Å². The minimum atomic E-state index is -2.73. The molecule has 20 heavy (non-hydrogen) atoms. The van der Waals surface area contributed by atoms with E-state index >= 15 is 0 Å². The van der Waals surface area contributed by atoms with E-state index in [1.807, 2.05) is 0 Å². The molecule has 4 N–H and O–H groups in total. The number of methoxy groups -OCH3 is 1. The number of aromatic nitrogens is 4. The Bertz CT molecular complexity index is 691. The van der Waals surface area contributed by atoms with E-state index < -0.39 is 31.1 Å². The number of ether oxygens (including phenoxy) is 2. The van der Waals surface area contributed by atoms with Crippen molar-refractivity contribution < 1.29 is 22.4 Å². The van der Waals surface area contributed by atoms with Gasteiger partial charge in [-0.1, -0.05) is 0 Å². The second-order valence-corrected chi connectivity index (χ2v) is 4.35. The summed E-state index contributed by atoms with van der Waals surface area (Å²) in [5, 5.41) is 19.6. The van der Waals surface area contributed by atoms with Crippen LogP contribution in [0.3, 0.4) is 0 Å². The van der Waals surface area contributed by atoms with Gasteiger partial charge >= 0.3 is 0 Å². The van der Waals surface area contributed by atoms with Crippen LogP contribution in [0.15, 0.2) is 12.7 Å². The van der Waals surface area contributed by atoms with Gasteiger partial charge in [0.15, 0.2) is 17.7 Å². The maximum Gasteiger partial charge on any atom is 0.167 e. The Balaban J connectivity index is 2.04. The molecule has 9 heteroatoms. The molecule has 0 aliphatic carbocycles. The van der Waals surface area contributed by atoms with E-state index in [1.54, 1.807) is 0 Å². The fraction of sp³-hybridized carbons (Fsp3) is 0.545. The molecule has 0 spiro atoms. The maximum absolute atomic E-state index is 10.1. The zero-order chi connectivity index (χ0) is 16.1. The normalized spacial score (nSPS) is 32.4. The maximum atomic E-state index is 10.1. The van der Waals surface area contributed by atoms with E-state index in [0.29, 0.717) is 11.2 Å². The quantitative estimate of drug-likeness (QED) is 0.632. The summed E-state index contributed by atoms with van der Waals surface area (Å²) in [5.41, 5.74) is 6.42. The van der Waals surface area contributed by atoms with Crippen molar-refractivity contribution in [1.29, 1.82) is 0 Å². The predicted octanol–water partition coefficient (Wildman–Crippen LogP) is -1.33. The molecule has 2 aromatic heterocycles. The average Bonchev–Trinajstić information content (AvgIpc) is 2.99. The van der Waals surface area contributed by atoms with E-state index in [-0.39, 0.29) is 5.82 Å². The third-order valence-corrected chi connectivity index (χ3v) is 3.27. The van der Waals surface area contributed by atoms with Crippen molar-refractivity contribution in [2.45, 2.75) is 24.5 Å². The fourth-order valence-electron chi connectivity index (χ4n) is 2.29. The molecule has 0 saturated carbocycles. The molecule has 1 aliphatic rings. The molecule has 0 unspecified atom stereocenters. The zero-order valence-corrected chi connectivity index (χ0v) is 10.5. The standard InChI is InChI=1S/C11H15N5O4/c1-19-8-7(18)5(2-17)20-11(8)16-4-15-6-9(12)13-3-14-10(6)16/h3-5,7-8,11,17-18H,2H2,1H3,(H2,12,13,14)/t5-,7-,8-,11-/m1/s1/i2D2. The number of anilines is 1. The van der Waals surface area contributed by atoms with Gasteiger partial charge in [0, 0.05) is 7.11 Å².